The Morgan fingerprint density at radius 1 is 1.10 bits per heavy atom. The summed E-state index contributed by atoms with van der Waals surface area (Å²) in [4.78, 5) is 38.5. The van der Waals surface area contributed by atoms with Crippen LogP contribution in [-0.4, -0.2) is 45.6 Å². The molecule has 7 heteroatoms. The smallest absolute Gasteiger partial charge is 0.326 e. The van der Waals surface area contributed by atoms with Crippen molar-refractivity contribution in [1.82, 2.24) is 10.2 Å². The Morgan fingerprint density at radius 2 is 1.77 bits per heavy atom. The predicted octanol–water partition coefficient (Wildman–Crippen LogP) is 2.77. The molecule has 0 aromatic heterocycles. The van der Waals surface area contributed by atoms with Crippen molar-refractivity contribution < 1.29 is 19.5 Å². The molecule has 0 saturated carbocycles. The number of carbonyl (C=O) groups excluding carboxylic acids is 2. The number of likely N-dealkylation sites (tertiary alicyclic amines) is 1. The summed E-state index contributed by atoms with van der Waals surface area (Å²) >= 11 is 4.36. The van der Waals surface area contributed by atoms with Gasteiger partial charge in [0, 0.05) is 0 Å². The third-order valence-electron chi connectivity index (χ3n) is 5.49. The Morgan fingerprint density at radius 3 is 2.43 bits per heavy atom. The minimum Gasteiger partial charge on any atom is -0.480 e. The van der Waals surface area contributed by atoms with Gasteiger partial charge in [-0.25, -0.2) is 4.79 Å². The normalized spacial score (nSPS) is 19.3. The molecule has 158 valence electrons. The van der Waals surface area contributed by atoms with Crippen LogP contribution in [-0.2, 0) is 20.8 Å². The highest BCUT2D eigenvalue weighted by Gasteiger charge is 2.41. The number of nitrogens with zero attached hydrogens (tertiary/aromatic N) is 1. The molecule has 3 atom stereocenters. The molecular weight excluding hydrogens is 400 g/mol. The van der Waals surface area contributed by atoms with E-state index < -0.39 is 23.2 Å². The van der Waals surface area contributed by atoms with Gasteiger partial charge in [-0.3, -0.25) is 9.59 Å². The number of carbonyl (C=O) groups is 3. The maximum absolute atomic E-state index is 13.0. The molecule has 0 unspecified atom stereocenters. The molecule has 3 rings (SSSR count). The summed E-state index contributed by atoms with van der Waals surface area (Å²) in [5.41, 5.74) is 2.93. The molecule has 0 spiro atoms. The largest absolute Gasteiger partial charge is 0.480 e. The Balaban J connectivity index is 1.67. The third kappa shape index (κ3) is 5.02. The molecule has 0 bridgehead atoms. The van der Waals surface area contributed by atoms with Crippen LogP contribution >= 0.6 is 12.6 Å². The molecule has 1 fully saturated rings. The van der Waals surface area contributed by atoms with E-state index in [-0.39, 0.29) is 18.5 Å². The highest BCUT2D eigenvalue weighted by atomic mass is 32.1. The lowest BCUT2D eigenvalue weighted by Crippen LogP contribution is -2.47. The van der Waals surface area contributed by atoms with Crippen molar-refractivity contribution in [1.29, 1.82) is 0 Å². The molecule has 1 heterocycles. The summed E-state index contributed by atoms with van der Waals surface area (Å²) in [7, 11) is 0. The number of benzene rings is 2. The Hall–Kier alpha value is -2.80. The Bertz CT molecular complexity index is 918. The van der Waals surface area contributed by atoms with Gasteiger partial charge in [-0.05, 0) is 42.9 Å². The highest BCUT2D eigenvalue weighted by Crippen LogP contribution is 2.37. The molecule has 1 aliphatic rings. The second kappa shape index (κ2) is 9.80. The van der Waals surface area contributed by atoms with E-state index in [1.165, 1.54) is 4.90 Å². The average Bonchev–Trinajstić information content (AvgIpc) is 3.18. The fourth-order valence-electron chi connectivity index (χ4n) is 3.97. The van der Waals surface area contributed by atoms with Gasteiger partial charge < -0.3 is 15.3 Å². The van der Waals surface area contributed by atoms with Gasteiger partial charge in [0.2, 0.25) is 11.8 Å². The standard InChI is InChI=1S/C23H26N2O4S/c1-15-7-5-6-10-17(15)18-11-12-19(23(28)29)25(18)21(26)14-24-22(27)20(30)13-16-8-3-2-4-9-16/h2-10,18-20,30H,11-14H2,1H3,(H,24,27)(H,28,29)/t18-,19+,20-/m0/s1. The molecule has 6 nitrogen and oxygen atoms in total. The van der Waals surface area contributed by atoms with Crippen molar-refractivity contribution in [3.8, 4) is 0 Å². The van der Waals surface area contributed by atoms with Gasteiger partial charge in [0.05, 0.1) is 17.8 Å². The van der Waals surface area contributed by atoms with E-state index in [1.54, 1.807) is 0 Å². The van der Waals surface area contributed by atoms with Gasteiger partial charge in [-0.15, -0.1) is 0 Å². The molecule has 1 aliphatic heterocycles. The van der Waals surface area contributed by atoms with Gasteiger partial charge in [-0.2, -0.15) is 12.6 Å². The lowest BCUT2D eigenvalue weighted by Gasteiger charge is -2.30. The van der Waals surface area contributed by atoms with Gasteiger partial charge in [-0.1, -0.05) is 54.6 Å². The fourth-order valence-corrected chi connectivity index (χ4v) is 4.27. The number of aliphatic carboxylic acids is 1. The van der Waals surface area contributed by atoms with Crippen molar-refractivity contribution in [2.24, 2.45) is 0 Å². The van der Waals surface area contributed by atoms with E-state index in [0.717, 1.165) is 16.7 Å². The zero-order valence-corrected chi connectivity index (χ0v) is 17.7. The van der Waals surface area contributed by atoms with E-state index in [2.05, 4.69) is 17.9 Å². The number of thiol groups is 1. The minimum atomic E-state index is -1.03. The van der Waals surface area contributed by atoms with Gasteiger partial charge in [0.15, 0.2) is 0 Å². The van der Waals surface area contributed by atoms with Crippen molar-refractivity contribution in [2.75, 3.05) is 6.54 Å². The molecule has 2 N–H and O–H groups in total. The summed E-state index contributed by atoms with van der Waals surface area (Å²) in [5, 5.41) is 11.6. The summed E-state index contributed by atoms with van der Waals surface area (Å²) in [6.45, 7) is 1.69. The Labute approximate surface area is 181 Å². The van der Waals surface area contributed by atoms with Crippen LogP contribution in [0.15, 0.2) is 54.6 Å². The molecular formula is C23H26N2O4S. The summed E-state index contributed by atoms with van der Waals surface area (Å²) in [5.74, 6) is -1.78. The third-order valence-corrected chi connectivity index (χ3v) is 5.91. The predicted molar refractivity (Wildman–Crippen MR) is 117 cm³/mol. The van der Waals surface area contributed by atoms with E-state index in [0.29, 0.717) is 19.3 Å². The van der Waals surface area contributed by atoms with E-state index in [4.69, 9.17) is 0 Å². The first kappa shape index (κ1) is 21.9. The minimum absolute atomic E-state index is 0.253. The maximum atomic E-state index is 13.0. The van der Waals surface area contributed by atoms with Crippen LogP contribution in [0.4, 0.5) is 0 Å². The quantitative estimate of drug-likeness (QED) is 0.594. The highest BCUT2D eigenvalue weighted by molar-refractivity contribution is 7.81. The first-order chi connectivity index (χ1) is 14.4. The summed E-state index contributed by atoms with van der Waals surface area (Å²) in [6, 6.07) is 16.0. The van der Waals surface area contributed by atoms with Crippen LogP contribution < -0.4 is 5.32 Å². The van der Waals surface area contributed by atoms with E-state index in [1.807, 2.05) is 61.5 Å². The van der Waals surface area contributed by atoms with Gasteiger partial charge in [0.1, 0.15) is 6.04 Å². The van der Waals surface area contributed by atoms with Crippen molar-refractivity contribution >= 4 is 30.4 Å². The SMILES string of the molecule is Cc1ccccc1[C@@H]1CC[C@H](C(=O)O)N1C(=O)CNC(=O)[C@@H](S)Cc1ccccc1. The van der Waals surface area contributed by atoms with Crippen LogP contribution in [0.1, 0.15) is 35.6 Å². The molecule has 0 radical (unpaired) electrons. The number of hydrogen-bond acceptors (Lipinski definition) is 4. The van der Waals surface area contributed by atoms with Crippen LogP contribution in [0.25, 0.3) is 0 Å². The number of aryl methyl sites for hydroxylation is 1. The van der Waals surface area contributed by atoms with Crippen LogP contribution in [0.3, 0.4) is 0 Å². The number of amides is 2. The molecule has 1 saturated heterocycles. The molecule has 2 aromatic carbocycles. The molecule has 2 aromatic rings. The van der Waals surface area contributed by atoms with Crippen molar-refractivity contribution in [3.63, 3.8) is 0 Å². The number of rotatable bonds is 7. The van der Waals surface area contributed by atoms with E-state index in [9.17, 15) is 19.5 Å². The first-order valence-corrected chi connectivity index (χ1v) is 10.5. The summed E-state index contributed by atoms with van der Waals surface area (Å²) < 4.78 is 0. The number of carboxylic acid groups (broad SMARTS) is 1. The second-order valence-corrected chi connectivity index (χ2v) is 8.15. The zero-order chi connectivity index (χ0) is 21.7. The monoisotopic (exact) mass is 426 g/mol. The summed E-state index contributed by atoms with van der Waals surface area (Å²) in [6.07, 6.45) is 1.40. The topological polar surface area (TPSA) is 86.7 Å². The number of carboxylic acids is 1. The lowest BCUT2D eigenvalue weighted by molar-refractivity contribution is -0.149. The second-order valence-electron chi connectivity index (χ2n) is 7.53. The molecule has 0 aliphatic carbocycles. The van der Waals surface area contributed by atoms with E-state index >= 15 is 0 Å². The molecule has 30 heavy (non-hydrogen) atoms. The van der Waals surface area contributed by atoms with Crippen molar-refractivity contribution in [2.45, 2.75) is 43.5 Å². The first-order valence-electron chi connectivity index (χ1n) is 9.97. The van der Waals surface area contributed by atoms with Gasteiger partial charge in [0.25, 0.3) is 0 Å². The number of nitrogens with one attached hydrogen (secondary N) is 1. The number of hydrogen-bond donors (Lipinski definition) is 3. The average molecular weight is 427 g/mol. The van der Waals surface area contributed by atoms with Gasteiger partial charge >= 0.3 is 5.97 Å². The van der Waals surface area contributed by atoms with Crippen LogP contribution in [0.5, 0.6) is 0 Å². The van der Waals surface area contributed by atoms with Crippen LogP contribution in [0.2, 0.25) is 0 Å². The van der Waals surface area contributed by atoms with Crippen LogP contribution in [0, 0.1) is 6.92 Å². The molecule has 2 amide bonds. The maximum Gasteiger partial charge on any atom is 0.326 e. The fraction of sp³-hybridized carbons (Fsp3) is 0.348. The zero-order valence-electron chi connectivity index (χ0n) is 16.8. The Kier molecular flexibility index (Phi) is 7.15. The lowest BCUT2D eigenvalue weighted by atomic mass is 9.99. The van der Waals surface area contributed by atoms with Crippen molar-refractivity contribution in [3.05, 3.63) is 71.3 Å².